The molecule has 8 nitrogen and oxygen atoms in total. The van der Waals surface area contributed by atoms with Crippen LogP contribution in [0.3, 0.4) is 0 Å². The van der Waals surface area contributed by atoms with Crippen molar-refractivity contribution in [2.75, 3.05) is 17.6 Å². The van der Waals surface area contributed by atoms with Crippen LogP contribution in [0.4, 0.5) is 20.3 Å². The van der Waals surface area contributed by atoms with Crippen LogP contribution in [-0.2, 0) is 17.1 Å². The Labute approximate surface area is 186 Å². The molecular weight excluding hydrogens is 464 g/mol. The predicted octanol–water partition coefficient (Wildman–Crippen LogP) is 3.96. The second-order valence-corrected chi connectivity index (χ2v) is 8.86. The number of fused-ring (bicyclic) bond motifs is 1. The van der Waals surface area contributed by atoms with E-state index in [0.29, 0.717) is 16.6 Å². The number of ether oxygens (including phenoxy) is 1. The Morgan fingerprint density at radius 1 is 1.19 bits per heavy atom. The van der Waals surface area contributed by atoms with Crippen molar-refractivity contribution >= 4 is 44.2 Å². The smallest absolute Gasteiger partial charge is 0.265 e. The van der Waals surface area contributed by atoms with E-state index in [9.17, 15) is 12.8 Å². The number of hydrogen-bond acceptors (Lipinski definition) is 6. The molecule has 4 aromatic rings. The highest BCUT2D eigenvalue weighted by Crippen LogP contribution is 2.36. The number of sulfonamides is 1. The number of nitrogen functional groups attached to an aromatic ring is 1. The Morgan fingerprint density at radius 3 is 2.66 bits per heavy atom. The third-order valence-electron chi connectivity index (χ3n) is 4.81. The Kier molecular flexibility index (Phi) is 5.39. The topological polar surface area (TPSA) is 112 Å². The van der Waals surface area contributed by atoms with Crippen molar-refractivity contribution in [2.24, 2.45) is 7.05 Å². The number of halogens is 3. The number of nitrogens with two attached hydrogens (primary N) is 1. The zero-order valence-electron chi connectivity index (χ0n) is 16.7. The quantitative estimate of drug-likeness (QED) is 0.448. The molecular formula is C20H16ClF2N5O3S. The summed E-state index contributed by atoms with van der Waals surface area (Å²) in [7, 11) is -1.56. The first-order valence-corrected chi connectivity index (χ1v) is 10.9. The van der Waals surface area contributed by atoms with Crippen molar-refractivity contribution in [1.29, 1.82) is 0 Å². The SMILES string of the molecule is COc1cc(S(=O)(=O)Nc2cccc(-c3cn(C)c4ncnc(N)c34)c2F)c(F)cc1Cl. The zero-order valence-corrected chi connectivity index (χ0v) is 18.3. The van der Waals surface area contributed by atoms with Gasteiger partial charge in [-0.15, -0.1) is 0 Å². The van der Waals surface area contributed by atoms with Gasteiger partial charge in [-0.25, -0.2) is 27.2 Å². The van der Waals surface area contributed by atoms with E-state index in [1.54, 1.807) is 17.8 Å². The van der Waals surface area contributed by atoms with Crippen LogP contribution >= 0.6 is 11.6 Å². The minimum atomic E-state index is -4.52. The standard InChI is InChI=1S/C20H16ClF2N5O3S/c1-28-8-11(17-19(24)25-9-26-20(17)28)10-4-3-5-14(18(10)23)27-32(29,30)16-7-15(31-2)12(21)6-13(16)22/h3-9,27H,1-2H3,(H2,24,25,26). The normalized spacial score (nSPS) is 11.7. The summed E-state index contributed by atoms with van der Waals surface area (Å²) >= 11 is 5.83. The molecule has 12 heteroatoms. The monoisotopic (exact) mass is 479 g/mol. The molecule has 2 aromatic heterocycles. The molecule has 0 radical (unpaired) electrons. The maximum Gasteiger partial charge on any atom is 0.265 e. The van der Waals surface area contributed by atoms with Gasteiger partial charge in [-0.3, -0.25) is 4.72 Å². The molecule has 0 aliphatic rings. The van der Waals surface area contributed by atoms with Crippen LogP contribution in [-0.4, -0.2) is 30.1 Å². The fraction of sp³-hybridized carbons (Fsp3) is 0.100. The van der Waals surface area contributed by atoms with E-state index in [1.165, 1.54) is 31.6 Å². The van der Waals surface area contributed by atoms with Gasteiger partial charge in [-0.05, 0) is 12.1 Å². The summed E-state index contributed by atoms with van der Waals surface area (Å²) in [5, 5.41) is 0.315. The predicted molar refractivity (Wildman–Crippen MR) is 117 cm³/mol. The Morgan fingerprint density at radius 2 is 1.94 bits per heavy atom. The Bertz CT molecular complexity index is 1470. The second-order valence-electron chi connectivity index (χ2n) is 6.80. The van der Waals surface area contributed by atoms with Gasteiger partial charge in [0.2, 0.25) is 0 Å². The third kappa shape index (κ3) is 3.59. The number of benzene rings is 2. The lowest BCUT2D eigenvalue weighted by Crippen LogP contribution is -2.16. The van der Waals surface area contributed by atoms with E-state index in [-0.39, 0.29) is 27.8 Å². The van der Waals surface area contributed by atoms with E-state index in [0.717, 1.165) is 12.1 Å². The van der Waals surface area contributed by atoms with Gasteiger partial charge in [0.15, 0.2) is 5.82 Å². The highest BCUT2D eigenvalue weighted by molar-refractivity contribution is 7.92. The molecule has 4 rings (SSSR count). The number of rotatable bonds is 5. The van der Waals surface area contributed by atoms with Gasteiger partial charge < -0.3 is 15.0 Å². The van der Waals surface area contributed by atoms with Gasteiger partial charge in [0.05, 0.1) is 23.2 Å². The maximum atomic E-state index is 15.4. The minimum Gasteiger partial charge on any atom is -0.495 e. The largest absolute Gasteiger partial charge is 0.495 e. The van der Waals surface area contributed by atoms with Crippen molar-refractivity contribution in [1.82, 2.24) is 14.5 Å². The summed E-state index contributed by atoms with van der Waals surface area (Å²) in [5.74, 6) is -1.90. The van der Waals surface area contributed by atoms with Gasteiger partial charge in [0.1, 0.15) is 34.3 Å². The second kappa shape index (κ2) is 7.92. The number of anilines is 2. The van der Waals surface area contributed by atoms with Crippen molar-refractivity contribution in [3.63, 3.8) is 0 Å². The summed E-state index contributed by atoms with van der Waals surface area (Å²) < 4.78 is 64.1. The minimum absolute atomic E-state index is 0.0473. The average molecular weight is 480 g/mol. The molecule has 0 amide bonds. The van der Waals surface area contributed by atoms with Crippen LogP contribution in [0, 0.1) is 11.6 Å². The number of aromatic nitrogens is 3. The molecule has 0 aliphatic heterocycles. The number of methoxy groups -OCH3 is 1. The van der Waals surface area contributed by atoms with Crippen molar-refractivity contribution in [3.8, 4) is 16.9 Å². The number of nitrogens with one attached hydrogen (secondary N) is 1. The highest BCUT2D eigenvalue weighted by atomic mass is 35.5. The van der Waals surface area contributed by atoms with E-state index < -0.39 is 26.6 Å². The molecule has 3 N–H and O–H groups in total. The summed E-state index contributed by atoms with van der Waals surface area (Å²) in [6.45, 7) is 0. The molecule has 0 saturated carbocycles. The highest BCUT2D eigenvalue weighted by Gasteiger charge is 2.25. The number of nitrogens with zero attached hydrogens (tertiary/aromatic N) is 3. The van der Waals surface area contributed by atoms with E-state index in [1.807, 2.05) is 0 Å². The molecule has 2 heterocycles. The lowest BCUT2D eigenvalue weighted by atomic mass is 10.0. The first kappa shape index (κ1) is 21.8. The summed E-state index contributed by atoms with van der Waals surface area (Å²) in [6.07, 6.45) is 2.90. The number of aryl methyl sites for hydroxylation is 1. The van der Waals surface area contributed by atoms with E-state index >= 15 is 4.39 Å². The fourth-order valence-electron chi connectivity index (χ4n) is 3.33. The molecule has 166 valence electrons. The van der Waals surface area contributed by atoms with Crippen molar-refractivity contribution < 1.29 is 21.9 Å². The summed E-state index contributed by atoms with van der Waals surface area (Å²) in [4.78, 5) is 7.35. The van der Waals surface area contributed by atoms with Crippen LogP contribution < -0.4 is 15.2 Å². The van der Waals surface area contributed by atoms with E-state index in [2.05, 4.69) is 14.7 Å². The third-order valence-corrected chi connectivity index (χ3v) is 6.49. The van der Waals surface area contributed by atoms with Crippen LogP contribution in [0.25, 0.3) is 22.2 Å². The van der Waals surface area contributed by atoms with Crippen LogP contribution in [0.5, 0.6) is 5.75 Å². The van der Waals surface area contributed by atoms with Gasteiger partial charge >= 0.3 is 0 Å². The van der Waals surface area contributed by atoms with Gasteiger partial charge in [-0.2, -0.15) is 0 Å². The van der Waals surface area contributed by atoms with Crippen molar-refractivity contribution in [2.45, 2.75) is 4.90 Å². The first-order valence-electron chi connectivity index (χ1n) is 9.04. The van der Waals surface area contributed by atoms with Crippen LogP contribution in [0.1, 0.15) is 0 Å². The lowest BCUT2D eigenvalue weighted by molar-refractivity contribution is 0.411. The van der Waals surface area contributed by atoms with Crippen LogP contribution in [0.15, 0.2) is 47.8 Å². The molecule has 32 heavy (non-hydrogen) atoms. The fourth-order valence-corrected chi connectivity index (χ4v) is 4.69. The molecule has 0 bridgehead atoms. The molecule has 0 saturated heterocycles. The number of hydrogen-bond donors (Lipinski definition) is 2. The van der Waals surface area contributed by atoms with Crippen molar-refractivity contribution in [3.05, 3.63) is 59.5 Å². The average Bonchev–Trinajstić information content (AvgIpc) is 3.07. The molecule has 2 aromatic carbocycles. The van der Waals surface area contributed by atoms with Crippen LogP contribution in [0.2, 0.25) is 5.02 Å². The maximum absolute atomic E-state index is 15.4. The molecule has 0 fully saturated rings. The Hall–Kier alpha value is -3.44. The molecule has 0 unspecified atom stereocenters. The lowest BCUT2D eigenvalue weighted by Gasteiger charge is -2.13. The van der Waals surface area contributed by atoms with Gasteiger partial charge in [0, 0.05) is 30.4 Å². The van der Waals surface area contributed by atoms with Gasteiger partial charge in [0.25, 0.3) is 10.0 Å². The zero-order chi connectivity index (χ0) is 23.2. The Balaban J connectivity index is 1.81. The first-order chi connectivity index (χ1) is 15.1. The van der Waals surface area contributed by atoms with Gasteiger partial charge in [-0.1, -0.05) is 23.7 Å². The molecule has 0 spiro atoms. The summed E-state index contributed by atoms with van der Waals surface area (Å²) in [5.41, 5.74) is 6.50. The molecule has 0 aliphatic carbocycles. The van der Waals surface area contributed by atoms with E-state index in [4.69, 9.17) is 22.1 Å². The summed E-state index contributed by atoms with van der Waals surface area (Å²) in [6, 6.07) is 5.85. The molecule has 0 atom stereocenters.